The summed E-state index contributed by atoms with van der Waals surface area (Å²) in [6, 6.07) is 10.6. The Balaban J connectivity index is 1.73. The normalized spacial score (nSPS) is 13.0. The molecule has 0 aliphatic heterocycles. The van der Waals surface area contributed by atoms with Gasteiger partial charge in [0.25, 0.3) is 0 Å². The summed E-state index contributed by atoms with van der Waals surface area (Å²) in [5, 5.41) is 4.13. The number of aromatic nitrogens is 2. The molecule has 0 saturated carbocycles. The van der Waals surface area contributed by atoms with E-state index in [0.29, 0.717) is 5.76 Å². The van der Waals surface area contributed by atoms with Crippen LogP contribution in [0.1, 0.15) is 17.4 Å². The lowest BCUT2D eigenvalue weighted by Gasteiger charge is -2.16. The van der Waals surface area contributed by atoms with E-state index in [4.69, 9.17) is 4.42 Å². The molecule has 3 rings (SSSR count). The number of hydrogen-bond donors (Lipinski definition) is 1. The van der Waals surface area contributed by atoms with Crippen molar-refractivity contribution in [3.63, 3.8) is 0 Å². The van der Waals surface area contributed by atoms with Gasteiger partial charge in [-0.15, -0.1) is 0 Å². The van der Waals surface area contributed by atoms with E-state index in [2.05, 4.69) is 9.82 Å². The van der Waals surface area contributed by atoms with Gasteiger partial charge in [-0.2, -0.15) is 5.10 Å². The van der Waals surface area contributed by atoms with E-state index in [1.54, 1.807) is 41.3 Å². The molecule has 0 spiro atoms. The molecule has 2 aromatic heterocycles. The topological polar surface area (TPSA) is 77.1 Å². The van der Waals surface area contributed by atoms with Crippen molar-refractivity contribution in [3.05, 3.63) is 78.3 Å². The second-order valence-electron chi connectivity index (χ2n) is 5.22. The maximum atomic E-state index is 13.6. The molecule has 0 bridgehead atoms. The third-order valence-electron chi connectivity index (χ3n) is 3.52. The van der Waals surface area contributed by atoms with Gasteiger partial charge >= 0.3 is 0 Å². The number of rotatable bonds is 7. The molecular weight excluding hydrogens is 333 g/mol. The molecule has 126 valence electrons. The lowest BCUT2D eigenvalue weighted by molar-refractivity contribution is 0.402. The van der Waals surface area contributed by atoms with E-state index >= 15 is 0 Å². The SMILES string of the molecule is O=S(=O)(Cc1ccccc1F)NC[C@@H](c1ccco1)n1cccn1. The van der Waals surface area contributed by atoms with Crippen molar-refractivity contribution in [1.29, 1.82) is 0 Å². The first-order valence-electron chi connectivity index (χ1n) is 7.28. The summed E-state index contributed by atoms with van der Waals surface area (Å²) in [5.41, 5.74) is 0.124. The minimum atomic E-state index is -3.71. The lowest BCUT2D eigenvalue weighted by atomic mass is 10.2. The maximum absolute atomic E-state index is 13.6. The molecule has 2 heterocycles. The van der Waals surface area contributed by atoms with Crippen molar-refractivity contribution < 1.29 is 17.2 Å². The average Bonchev–Trinajstić information content (AvgIpc) is 3.23. The predicted octanol–water partition coefficient (Wildman–Crippen LogP) is 2.32. The molecule has 0 amide bonds. The third-order valence-corrected chi connectivity index (χ3v) is 4.81. The Morgan fingerprint density at radius 3 is 2.71 bits per heavy atom. The van der Waals surface area contributed by atoms with Gasteiger partial charge in [-0.05, 0) is 24.3 Å². The minimum absolute atomic E-state index is 0.0476. The van der Waals surface area contributed by atoms with Gasteiger partial charge in [-0.3, -0.25) is 4.68 Å². The number of sulfonamides is 1. The summed E-state index contributed by atoms with van der Waals surface area (Å²) in [4.78, 5) is 0. The van der Waals surface area contributed by atoms with Crippen LogP contribution in [0.2, 0.25) is 0 Å². The molecule has 0 radical (unpaired) electrons. The van der Waals surface area contributed by atoms with Crippen LogP contribution >= 0.6 is 0 Å². The van der Waals surface area contributed by atoms with Crippen LogP contribution in [0.3, 0.4) is 0 Å². The van der Waals surface area contributed by atoms with Gasteiger partial charge < -0.3 is 4.42 Å². The van der Waals surface area contributed by atoms with Crippen LogP contribution in [-0.2, 0) is 15.8 Å². The van der Waals surface area contributed by atoms with Gasteiger partial charge in [-0.1, -0.05) is 18.2 Å². The predicted molar refractivity (Wildman–Crippen MR) is 86.1 cm³/mol. The van der Waals surface area contributed by atoms with Crippen LogP contribution in [-0.4, -0.2) is 24.7 Å². The summed E-state index contributed by atoms with van der Waals surface area (Å²) in [7, 11) is -3.71. The molecule has 0 fully saturated rings. The van der Waals surface area contributed by atoms with Gasteiger partial charge in [0, 0.05) is 24.5 Å². The first kappa shape index (κ1) is 16.4. The number of hydrogen-bond acceptors (Lipinski definition) is 4. The Morgan fingerprint density at radius 1 is 1.21 bits per heavy atom. The fraction of sp³-hybridized carbons (Fsp3) is 0.188. The van der Waals surface area contributed by atoms with E-state index < -0.39 is 27.6 Å². The lowest BCUT2D eigenvalue weighted by Crippen LogP contribution is -2.32. The van der Waals surface area contributed by atoms with Crippen LogP contribution in [0.15, 0.2) is 65.5 Å². The quantitative estimate of drug-likeness (QED) is 0.710. The molecule has 0 aliphatic rings. The van der Waals surface area contributed by atoms with Crippen LogP contribution in [0.4, 0.5) is 4.39 Å². The molecule has 6 nitrogen and oxygen atoms in total. The summed E-state index contributed by atoms with van der Waals surface area (Å²) in [6.07, 6.45) is 4.84. The zero-order chi connectivity index (χ0) is 17.0. The molecule has 24 heavy (non-hydrogen) atoms. The molecule has 3 aromatic rings. The van der Waals surface area contributed by atoms with E-state index in [-0.39, 0.29) is 12.1 Å². The number of benzene rings is 1. The van der Waals surface area contributed by atoms with E-state index in [9.17, 15) is 12.8 Å². The Labute approximate surface area is 139 Å². The first-order chi connectivity index (χ1) is 11.6. The molecule has 8 heteroatoms. The smallest absolute Gasteiger partial charge is 0.215 e. The fourth-order valence-corrected chi connectivity index (χ4v) is 3.50. The summed E-state index contributed by atoms with van der Waals surface area (Å²) in [6.45, 7) is 0.0476. The van der Waals surface area contributed by atoms with Crippen molar-refractivity contribution in [3.8, 4) is 0 Å². The molecule has 1 atom stereocenters. The minimum Gasteiger partial charge on any atom is -0.467 e. The molecule has 1 N–H and O–H groups in total. The molecule has 0 unspecified atom stereocenters. The zero-order valence-corrected chi connectivity index (χ0v) is 13.5. The highest BCUT2D eigenvalue weighted by Gasteiger charge is 2.21. The van der Waals surface area contributed by atoms with Gasteiger partial charge in [0.05, 0.1) is 12.0 Å². The molecule has 0 saturated heterocycles. The highest BCUT2D eigenvalue weighted by atomic mass is 32.2. The van der Waals surface area contributed by atoms with Crippen LogP contribution in [0.25, 0.3) is 0 Å². The largest absolute Gasteiger partial charge is 0.467 e. The summed E-state index contributed by atoms with van der Waals surface area (Å²) < 4.78 is 47.6. The number of nitrogens with one attached hydrogen (secondary N) is 1. The molecule has 1 aromatic carbocycles. The zero-order valence-electron chi connectivity index (χ0n) is 12.7. The van der Waals surface area contributed by atoms with Gasteiger partial charge in [0.1, 0.15) is 17.6 Å². The number of furan rings is 1. The van der Waals surface area contributed by atoms with Crippen LogP contribution < -0.4 is 4.72 Å². The van der Waals surface area contributed by atoms with Gasteiger partial charge in [-0.25, -0.2) is 17.5 Å². The van der Waals surface area contributed by atoms with Gasteiger partial charge in [0.15, 0.2) is 0 Å². The third kappa shape index (κ3) is 3.90. The maximum Gasteiger partial charge on any atom is 0.215 e. The van der Waals surface area contributed by atoms with Crippen molar-refractivity contribution in [2.75, 3.05) is 6.54 Å². The second-order valence-corrected chi connectivity index (χ2v) is 7.02. The monoisotopic (exact) mass is 349 g/mol. The summed E-state index contributed by atoms with van der Waals surface area (Å²) in [5.74, 6) is -0.395. The first-order valence-corrected chi connectivity index (χ1v) is 8.94. The molecular formula is C16H16FN3O3S. The van der Waals surface area contributed by atoms with Crippen molar-refractivity contribution in [2.24, 2.45) is 0 Å². The van der Waals surface area contributed by atoms with Crippen LogP contribution in [0.5, 0.6) is 0 Å². The van der Waals surface area contributed by atoms with E-state index in [1.165, 1.54) is 24.5 Å². The highest BCUT2D eigenvalue weighted by molar-refractivity contribution is 7.88. The Kier molecular flexibility index (Phi) is 4.77. The van der Waals surface area contributed by atoms with Crippen molar-refractivity contribution >= 4 is 10.0 Å². The Hall–Kier alpha value is -2.45. The fourth-order valence-electron chi connectivity index (χ4n) is 2.35. The average molecular weight is 349 g/mol. The Bertz CT molecular complexity index is 843. The second kappa shape index (κ2) is 6.98. The highest BCUT2D eigenvalue weighted by Crippen LogP contribution is 2.18. The Morgan fingerprint density at radius 2 is 2.04 bits per heavy atom. The van der Waals surface area contributed by atoms with Crippen molar-refractivity contribution in [1.82, 2.24) is 14.5 Å². The summed E-state index contributed by atoms with van der Waals surface area (Å²) >= 11 is 0. The number of nitrogens with zero attached hydrogens (tertiary/aromatic N) is 2. The standard InChI is InChI=1S/C16H16FN3O3S/c17-14-6-2-1-5-13(14)12-24(21,22)19-11-15(16-7-3-10-23-16)20-9-4-8-18-20/h1-10,15,19H,11-12H2/t15-/m0/s1. The van der Waals surface area contributed by atoms with Gasteiger partial charge in [0.2, 0.25) is 10.0 Å². The number of halogens is 1. The van der Waals surface area contributed by atoms with E-state index in [1.807, 2.05) is 0 Å². The van der Waals surface area contributed by atoms with Crippen molar-refractivity contribution in [2.45, 2.75) is 11.8 Å². The molecule has 0 aliphatic carbocycles. The van der Waals surface area contributed by atoms with Crippen LogP contribution in [0, 0.1) is 5.82 Å². The van der Waals surface area contributed by atoms with E-state index in [0.717, 1.165) is 0 Å².